The molecule has 2 rings (SSSR count). The molecule has 2 N–H and O–H groups in total. The predicted molar refractivity (Wildman–Crippen MR) is 80.0 cm³/mol. The predicted octanol–water partition coefficient (Wildman–Crippen LogP) is 2.17. The van der Waals surface area contributed by atoms with E-state index in [0.717, 1.165) is 25.8 Å². The second kappa shape index (κ2) is 7.20. The third-order valence-electron chi connectivity index (χ3n) is 4.33. The van der Waals surface area contributed by atoms with E-state index >= 15 is 0 Å². The number of nitrogens with zero attached hydrogens (tertiary/aromatic N) is 1. The summed E-state index contributed by atoms with van der Waals surface area (Å²) in [5, 5.41) is 12.5. The van der Waals surface area contributed by atoms with Crippen molar-refractivity contribution in [1.82, 2.24) is 10.2 Å². The maximum Gasteiger partial charge on any atom is 0.317 e. The van der Waals surface area contributed by atoms with Gasteiger partial charge in [-0.25, -0.2) is 4.79 Å². The van der Waals surface area contributed by atoms with Crippen molar-refractivity contribution >= 4 is 23.8 Å². The van der Waals surface area contributed by atoms with Gasteiger partial charge < -0.3 is 15.3 Å². The van der Waals surface area contributed by atoms with E-state index in [1.54, 1.807) is 4.90 Å². The van der Waals surface area contributed by atoms with E-state index in [9.17, 15) is 9.59 Å². The fourth-order valence-electron chi connectivity index (χ4n) is 3.29. The van der Waals surface area contributed by atoms with Crippen LogP contribution in [0, 0.1) is 5.92 Å². The van der Waals surface area contributed by atoms with Crippen LogP contribution in [0.15, 0.2) is 0 Å². The van der Waals surface area contributed by atoms with E-state index < -0.39 is 5.97 Å². The summed E-state index contributed by atoms with van der Waals surface area (Å²) in [6, 6.07) is 0.267. The fourth-order valence-corrected chi connectivity index (χ4v) is 4.22. The summed E-state index contributed by atoms with van der Waals surface area (Å²) in [6.07, 6.45) is 7.49. The van der Waals surface area contributed by atoms with Crippen LogP contribution in [0.3, 0.4) is 0 Å². The number of hydrogen-bond donors (Lipinski definition) is 2. The number of carbonyl (C=O) groups is 2. The lowest BCUT2D eigenvalue weighted by Gasteiger charge is -2.33. The molecular formula is C14H24N2O3S. The lowest BCUT2D eigenvalue weighted by Crippen LogP contribution is -2.50. The maximum absolute atomic E-state index is 12.3. The van der Waals surface area contributed by atoms with Crippen molar-refractivity contribution < 1.29 is 14.7 Å². The third-order valence-corrected chi connectivity index (χ3v) is 5.50. The molecule has 1 saturated carbocycles. The minimum Gasteiger partial charge on any atom is -0.481 e. The molecule has 0 bridgehead atoms. The van der Waals surface area contributed by atoms with Gasteiger partial charge in [-0.15, -0.1) is 0 Å². The molecule has 3 atom stereocenters. The van der Waals surface area contributed by atoms with Crippen LogP contribution >= 0.6 is 11.8 Å². The van der Waals surface area contributed by atoms with Gasteiger partial charge in [0.1, 0.15) is 0 Å². The van der Waals surface area contributed by atoms with Crippen LogP contribution < -0.4 is 5.32 Å². The van der Waals surface area contributed by atoms with Gasteiger partial charge in [0.05, 0.1) is 0 Å². The minimum atomic E-state index is -0.768. The molecule has 20 heavy (non-hydrogen) atoms. The van der Waals surface area contributed by atoms with Gasteiger partial charge in [0.15, 0.2) is 0 Å². The highest BCUT2D eigenvalue weighted by molar-refractivity contribution is 7.99. The zero-order valence-electron chi connectivity index (χ0n) is 12.0. The van der Waals surface area contributed by atoms with Crippen LogP contribution in [0.1, 0.15) is 38.5 Å². The normalized spacial score (nSPS) is 30.2. The van der Waals surface area contributed by atoms with Gasteiger partial charge in [0.2, 0.25) is 0 Å². The Morgan fingerprint density at radius 3 is 2.80 bits per heavy atom. The first-order chi connectivity index (χ1) is 9.60. The molecule has 5 nitrogen and oxygen atoms in total. The molecule has 2 amide bonds. The summed E-state index contributed by atoms with van der Waals surface area (Å²) in [5.74, 6) is -0.664. The number of thioether (sulfide) groups is 1. The quantitative estimate of drug-likeness (QED) is 0.835. The van der Waals surface area contributed by atoms with Crippen molar-refractivity contribution in [2.45, 2.75) is 49.8 Å². The highest BCUT2D eigenvalue weighted by atomic mass is 32.2. The molecule has 1 aliphatic carbocycles. The lowest BCUT2D eigenvalue weighted by atomic mass is 9.95. The summed E-state index contributed by atoms with van der Waals surface area (Å²) >= 11 is 1.83. The molecule has 114 valence electrons. The molecule has 1 aliphatic heterocycles. The molecule has 1 heterocycles. The first kappa shape index (κ1) is 15.5. The lowest BCUT2D eigenvalue weighted by molar-refractivity contribution is -0.138. The molecular weight excluding hydrogens is 276 g/mol. The van der Waals surface area contributed by atoms with E-state index in [4.69, 9.17) is 5.11 Å². The number of rotatable bonds is 4. The minimum absolute atomic E-state index is 0.00830. The summed E-state index contributed by atoms with van der Waals surface area (Å²) < 4.78 is 0. The smallest absolute Gasteiger partial charge is 0.317 e. The number of carbonyl (C=O) groups excluding carboxylic acids is 1. The van der Waals surface area contributed by atoms with Crippen molar-refractivity contribution in [2.24, 2.45) is 5.92 Å². The van der Waals surface area contributed by atoms with Crippen molar-refractivity contribution in [3.05, 3.63) is 0 Å². The number of urea groups is 1. The Balaban J connectivity index is 1.84. The second-order valence-corrected chi connectivity index (χ2v) is 6.89. The van der Waals surface area contributed by atoms with Crippen LogP contribution in [0.2, 0.25) is 0 Å². The molecule has 2 aliphatic rings. The molecule has 0 aromatic rings. The summed E-state index contributed by atoms with van der Waals surface area (Å²) in [6.45, 7) is 1.33. The molecule has 0 aromatic heterocycles. The van der Waals surface area contributed by atoms with Crippen molar-refractivity contribution in [1.29, 1.82) is 0 Å². The van der Waals surface area contributed by atoms with Crippen molar-refractivity contribution in [3.63, 3.8) is 0 Å². The summed E-state index contributed by atoms with van der Waals surface area (Å²) in [5.41, 5.74) is 0. The maximum atomic E-state index is 12.3. The number of hydrogen-bond acceptors (Lipinski definition) is 3. The average molecular weight is 300 g/mol. The number of amides is 2. The summed E-state index contributed by atoms with van der Waals surface area (Å²) in [4.78, 5) is 24.9. The van der Waals surface area contributed by atoms with Crippen LogP contribution in [0.25, 0.3) is 0 Å². The van der Waals surface area contributed by atoms with Gasteiger partial charge in [0.25, 0.3) is 0 Å². The Labute approximate surface area is 124 Å². The van der Waals surface area contributed by atoms with E-state index in [1.165, 1.54) is 12.8 Å². The number of nitrogens with one attached hydrogen (secondary N) is 1. The summed E-state index contributed by atoms with van der Waals surface area (Å²) in [7, 11) is 0. The third kappa shape index (κ3) is 4.04. The van der Waals surface area contributed by atoms with E-state index in [2.05, 4.69) is 11.6 Å². The molecule has 0 spiro atoms. The largest absolute Gasteiger partial charge is 0.481 e. The van der Waals surface area contributed by atoms with Gasteiger partial charge >= 0.3 is 12.0 Å². The molecule has 0 aromatic carbocycles. The number of aliphatic carboxylic acids is 1. The fraction of sp³-hybridized carbons (Fsp3) is 0.857. The standard InChI is InChI=1S/C14H24N2O3S/c1-20-12-6-2-5-11(12)15-14(19)16-7-3-4-10(9-16)8-13(17)18/h10-12H,2-9H2,1H3,(H,15,19)(H,17,18). The van der Waals surface area contributed by atoms with E-state index in [-0.39, 0.29) is 24.4 Å². The monoisotopic (exact) mass is 300 g/mol. The molecule has 1 saturated heterocycles. The molecule has 2 fully saturated rings. The van der Waals surface area contributed by atoms with Crippen LogP contribution in [-0.2, 0) is 4.79 Å². The van der Waals surface area contributed by atoms with Crippen LogP contribution in [0.4, 0.5) is 4.79 Å². The van der Waals surface area contributed by atoms with Gasteiger partial charge in [-0.3, -0.25) is 4.79 Å². The topological polar surface area (TPSA) is 69.6 Å². The van der Waals surface area contributed by atoms with Gasteiger partial charge in [-0.05, 0) is 37.9 Å². The first-order valence-corrected chi connectivity index (χ1v) is 8.69. The van der Waals surface area contributed by atoms with Crippen LogP contribution in [0.5, 0.6) is 0 Å². The molecule has 0 radical (unpaired) electrons. The number of likely N-dealkylation sites (tertiary alicyclic amines) is 1. The Bertz CT molecular complexity index is 364. The second-order valence-electron chi connectivity index (χ2n) is 5.81. The molecule has 6 heteroatoms. The van der Waals surface area contributed by atoms with Crippen molar-refractivity contribution in [3.8, 4) is 0 Å². The van der Waals surface area contributed by atoms with Gasteiger partial charge in [-0.2, -0.15) is 11.8 Å². The first-order valence-electron chi connectivity index (χ1n) is 7.40. The Morgan fingerprint density at radius 1 is 1.30 bits per heavy atom. The average Bonchev–Trinajstić information content (AvgIpc) is 2.85. The Hall–Kier alpha value is -0.910. The van der Waals surface area contributed by atoms with Crippen LogP contribution in [-0.4, -0.2) is 52.6 Å². The van der Waals surface area contributed by atoms with Gasteiger partial charge in [-0.1, -0.05) is 6.42 Å². The SMILES string of the molecule is CSC1CCCC1NC(=O)N1CCCC(CC(=O)O)C1. The van der Waals surface area contributed by atoms with E-state index in [0.29, 0.717) is 11.8 Å². The highest BCUT2D eigenvalue weighted by Gasteiger charge is 2.31. The van der Waals surface area contributed by atoms with Gasteiger partial charge in [0, 0.05) is 30.8 Å². The number of carboxylic acids is 1. The highest BCUT2D eigenvalue weighted by Crippen LogP contribution is 2.28. The number of piperidine rings is 1. The zero-order chi connectivity index (χ0) is 14.5. The number of carboxylic acid groups (broad SMARTS) is 1. The zero-order valence-corrected chi connectivity index (χ0v) is 12.8. The Morgan fingerprint density at radius 2 is 2.10 bits per heavy atom. The van der Waals surface area contributed by atoms with Crippen molar-refractivity contribution in [2.75, 3.05) is 19.3 Å². The molecule has 3 unspecified atom stereocenters. The van der Waals surface area contributed by atoms with E-state index in [1.807, 2.05) is 11.8 Å². The Kier molecular flexibility index (Phi) is 5.57.